The third kappa shape index (κ3) is 6.29. The molecule has 4 rings (SSSR count). The number of ether oxygens (including phenoxy) is 2. The van der Waals surface area contributed by atoms with E-state index in [1.165, 1.54) is 5.56 Å². The van der Waals surface area contributed by atoms with Crippen molar-refractivity contribution < 1.29 is 14.3 Å². The predicted octanol–water partition coefficient (Wildman–Crippen LogP) is 6.38. The van der Waals surface area contributed by atoms with Gasteiger partial charge in [0.05, 0.1) is 18.8 Å². The van der Waals surface area contributed by atoms with Gasteiger partial charge in [-0.15, -0.1) is 5.10 Å². The third-order valence-electron chi connectivity index (χ3n) is 5.96. The van der Waals surface area contributed by atoms with E-state index in [0.29, 0.717) is 29.9 Å². The van der Waals surface area contributed by atoms with Crippen LogP contribution in [0.1, 0.15) is 63.6 Å². The second-order valence-electron chi connectivity index (χ2n) is 8.76. The molecule has 0 amide bonds. The molecule has 0 saturated carbocycles. The molecule has 7 nitrogen and oxygen atoms in total. The lowest BCUT2D eigenvalue weighted by molar-refractivity contribution is -0.139. The first-order chi connectivity index (χ1) is 17.6. The molecule has 36 heavy (non-hydrogen) atoms. The summed E-state index contributed by atoms with van der Waals surface area (Å²) in [5, 5.41) is 8.73. The predicted molar refractivity (Wildman–Crippen MR) is 143 cm³/mol. The molecule has 0 fully saturated rings. The Morgan fingerprint density at radius 1 is 1.03 bits per heavy atom. The Balaban J connectivity index is 1.62. The maximum absolute atomic E-state index is 13.2. The molecule has 2 heterocycles. The standard InChI is InChI=1S/C28H34N4O3S/c1-4-6-17-34-23-15-13-22(14-16-23)25-24(26(33)35-18-7-5-2)20(3)29-27-30-28(31-32(25)27)36-19-21-11-9-8-10-12-21/h8-16,25H,4-7,17-19H2,1-3H3,(H,29,30,31). The molecule has 1 aliphatic heterocycles. The molecule has 3 aromatic rings. The van der Waals surface area contributed by atoms with Crippen molar-refractivity contribution >= 4 is 23.7 Å². The average Bonchev–Trinajstić information content (AvgIpc) is 3.30. The highest BCUT2D eigenvalue weighted by atomic mass is 32.2. The van der Waals surface area contributed by atoms with Crippen molar-refractivity contribution in [3.8, 4) is 5.75 Å². The summed E-state index contributed by atoms with van der Waals surface area (Å²) in [5.41, 5.74) is 3.40. The number of nitrogens with zero attached hydrogens (tertiary/aromatic N) is 3. The Morgan fingerprint density at radius 3 is 2.47 bits per heavy atom. The number of hydrogen-bond donors (Lipinski definition) is 1. The third-order valence-corrected chi connectivity index (χ3v) is 6.87. The van der Waals surface area contributed by atoms with Gasteiger partial charge in [-0.3, -0.25) is 0 Å². The number of esters is 1. The number of benzene rings is 2. The van der Waals surface area contributed by atoms with Gasteiger partial charge in [-0.1, -0.05) is 80.9 Å². The lowest BCUT2D eigenvalue weighted by atomic mass is 9.96. The second kappa shape index (κ2) is 12.6. The molecule has 190 valence electrons. The fourth-order valence-corrected chi connectivity index (χ4v) is 4.74. The molecule has 2 aromatic carbocycles. The van der Waals surface area contributed by atoms with Crippen LogP contribution in [0.15, 0.2) is 71.0 Å². The van der Waals surface area contributed by atoms with E-state index in [2.05, 4.69) is 31.3 Å². The summed E-state index contributed by atoms with van der Waals surface area (Å²) in [6, 6.07) is 17.7. The number of unbranched alkanes of at least 4 members (excludes halogenated alkanes) is 2. The smallest absolute Gasteiger partial charge is 0.338 e. The van der Waals surface area contributed by atoms with Crippen molar-refractivity contribution in [3.05, 3.63) is 77.0 Å². The van der Waals surface area contributed by atoms with E-state index < -0.39 is 6.04 Å². The number of allylic oxidation sites excluding steroid dienone is 1. The molecule has 8 heteroatoms. The monoisotopic (exact) mass is 506 g/mol. The SMILES string of the molecule is CCCCOC(=O)C1=C(C)Nc2nc(SCc3ccccc3)nn2C1c1ccc(OCCCC)cc1. The molecule has 1 aliphatic rings. The molecular weight excluding hydrogens is 472 g/mol. The summed E-state index contributed by atoms with van der Waals surface area (Å²) in [5.74, 6) is 1.85. The summed E-state index contributed by atoms with van der Waals surface area (Å²) in [7, 11) is 0. The number of hydrogen-bond acceptors (Lipinski definition) is 7. The lowest BCUT2D eigenvalue weighted by Crippen LogP contribution is -2.29. The maximum Gasteiger partial charge on any atom is 0.338 e. The largest absolute Gasteiger partial charge is 0.494 e. The summed E-state index contributed by atoms with van der Waals surface area (Å²) >= 11 is 1.57. The van der Waals surface area contributed by atoms with E-state index in [0.717, 1.165) is 48.4 Å². The number of carbonyl (C=O) groups excluding carboxylic acids is 1. The Morgan fingerprint density at radius 2 is 1.75 bits per heavy atom. The van der Waals surface area contributed by atoms with Crippen molar-refractivity contribution in [2.24, 2.45) is 0 Å². The Kier molecular flexibility index (Phi) is 9.06. The van der Waals surface area contributed by atoms with Crippen molar-refractivity contribution in [1.29, 1.82) is 0 Å². The van der Waals surface area contributed by atoms with Crippen LogP contribution in [0.25, 0.3) is 0 Å². The van der Waals surface area contributed by atoms with E-state index in [-0.39, 0.29) is 5.97 Å². The van der Waals surface area contributed by atoms with Crippen LogP contribution in [0, 0.1) is 0 Å². The molecule has 0 radical (unpaired) electrons. The minimum absolute atomic E-state index is 0.332. The molecular formula is C28H34N4O3S. The number of rotatable bonds is 12. The zero-order valence-corrected chi connectivity index (χ0v) is 22.0. The van der Waals surface area contributed by atoms with Gasteiger partial charge < -0.3 is 14.8 Å². The van der Waals surface area contributed by atoms with Crippen LogP contribution < -0.4 is 10.1 Å². The van der Waals surface area contributed by atoms with Crippen LogP contribution >= 0.6 is 11.8 Å². The maximum atomic E-state index is 13.2. The number of aromatic nitrogens is 3. The average molecular weight is 507 g/mol. The Labute approximate surface area is 217 Å². The Hall–Kier alpha value is -3.26. The molecule has 1 atom stereocenters. The number of carbonyl (C=O) groups is 1. The van der Waals surface area contributed by atoms with Crippen LogP contribution in [0.2, 0.25) is 0 Å². The van der Waals surface area contributed by atoms with E-state index in [1.807, 2.05) is 49.4 Å². The van der Waals surface area contributed by atoms with Crippen LogP contribution in [-0.4, -0.2) is 33.9 Å². The number of nitrogens with one attached hydrogen (secondary N) is 1. The first-order valence-electron chi connectivity index (χ1n) is 12.6. The minimum Gasteiger partial charge on any atom is -0.494 e. The van der Waals surface area contributed by atoms with Crippen molar-refractivity contribution in [1.82, 2.24) is 14.8 Å². The van der Waals surface area contributed by atoms with Crippen molar-refractivity contribution in [2.45, 2.75) is 63.4 Å². The molecule has 0 aliphatic carbocycles. The fourth-order valence-electron chi connectivity index (χ4n) is 3.95. The zero-order chi connectivity index (χ0) is 25.3. The summed E-state index contributed by atoms with van der Waals surface area (Å²) in [6.07, 6.45) is 3.88. The zero-order valence-electron chi connectivity index (χ0n) is 21.2. The van der Waals surface area contributed by atoms with E-state index >= 15 is 0 Å². The van der Waals surface area contributed by atoms with Gasteiger partial charge in [0, 0.05) is 11.4 Å². The molecule has 0 bridgehead atoms. The summed E-state index contributed by atoms with van der Waals surface area (Å²) in [4.78, 5) is 17.9. The number of fused-ring (bicyclic) bond motifs is 1. The van der Waals surface area contributed by atoms with E-state index in [4.69, 9.17) is 19.6 Å². The van der Waals surface area contributed by atoms with Gasteiger partial charge in [0.15, 0.2) is 0 Å². The normalized spacial score (nSPS) is 14.8. The van der Waals surface area contributed by atoms with Crippen LogP contribution in [-0.2, 0) is 15.3 Å². The highest BCUT2D eigenvalue weighted by molar-refractivity contribution is 7.98. The number of anilines is 1. The quantitative estimate of drug-likeness (QED) is 0.173. The van der Waals surface area contributed by atoms with Crippen molar-refractivity contribution in [2.75, 3.05) is 18.5 Å². The summed E-state index contributed by atoms with van der Waals surface area (Å²) < 4.78 is 13.3. The first kappa shape index (κ1) is 25.8. The van der Waals surface area contributed by atoms with Gasteiger partial charge in [0.2, 0.25) is 11.1 Å². The highest BCUT2D eigenvalue weighted by Crippen LogP contribution is 2.37. The molecule has 0 spiro atoms. The van der Waals surface area contributed by atoms with Gasteiger partial charge in [-0.25, -0.2) is 9.48 Å². The highest BCUT2D eigenvalue weighted by Gasteiger charge is 2.35. The summed E-state index contributed by atoms with van der Waals surface area (Å²) in [6.45, 7) is 7.18. The van der Waals surface area contributed by atoms with Crippen LogP contribution in [0.3, 0.4) is 0 Å². The van der Waals surface area contributed by atoms with E-state index in [1.54, 1.807) is 16.4 Å². The minimum atomic E-state index is -0.446. The molecule has 1 N–H and O–H groups in total. The number of thioether (sulfide) groups is 1. The van der Waals surface area contributed by atoms with Gasteiger partial charge in [-0.2, -0.15) is 4.98 Å². The lowest BCUT2D eigenvalue weighted by Gasteiger charge is -2.28. The molecule has 1 aromatic heterocycles. The van der Waals surface area contributed by atoms with Gasteiger partial charge in [0.1, 0.15) is 11.8 Å². The molecule has 0 saturated heterocycles. The fraction of sp³-hybridized carbons (Fsp3) is 0.393. The first-order valence-corrected chi connectivity index (χ1v) is 13.6. The topological polar surface area (TPSA) is 78.3 Å². The van der Waals surface area contributed by atoms with Crippen molar-refractivity contribution in [3.63, 3.8) is 0 Å². The van der Waals surface area contributed by atoms with Gasteiger partial charge >= 0.3 is 5.97 Å². The molecule has 1 unspecified atom stereocenters. The second-order valence-corrected chi connectivity index (χ2v) is 9.71. The van der Waals surface area contributed by atoms with Crippen LogP contribution in [0.4, 0.5) is 5.95 Å². The Bertz CT molecular complexity index is 1180. The van der Waals surface area contributed by atoms with Crippen LogP contribution in [0.5, 0.6) is 5.75 Å². The van der Waals surface area contributed by atoms with Gasteiger partial charge in [0.25, 0.3) is 0 Å². The van der Waals surface area contributed by atoms with Gasteiger partial charge in [-0.05, 0) is 43.0 Å². The van der Waals surface area contributed by atoms with E-state index in [9.17, 15) is 4.79 Å².